The molecule has 2 aliphatic rings. The normalized spacial score (nSPS) is 20.6. The van der Waals surface area contributed by atoms with Crippen LogP contribution in [0.2, 0.25) is 0 Å². The average molecular weight is 426 g/mol. The second kappa shape index (κ2) is 7.63. The van der Waals surface area contributed by atoms with E-state index in [-0.39, 0.29) is 4.90 Å². The molecule has 1 unspecified atom stereocenters. The zero-order chi connectivity index (χ0) is 20.7. The number of rotatable bonds is 4. The van der Waals surface area contributed by atoms with E-state index in [0.717, 1.165) is 36.5 Å². The van der Waals surface area contributed by atoms with Gasteiger partial charge >= 0.3 is 0 Å². The van der Waals surface area contributed by atoms with Gasteiger partial charge in [0.05, 0.1) is 15.9 Å². The third-order valence-corrected chi connectivity index (χ3v) is 7.93. The Morgan fingerprint density at radius 1 is 1.10 bits per heavy atom. The molecule has 3 aromatic rings. The van der Waals surface area contributed by atoms with Crippen LogP contribution in [0.4, 0.5) is 4.39 Å². The summed E-state index contributed by atoms with van der Waals surface area (Å²) in [6.07, 6.45) is 11.1. The van der Waals surface area contributed by atoms with Crippen LogP contribution in [0.5, 0.6) is 0 Å². The lowest BCUT2D eigenvalue weighted by atomic mass is 9.90. The molecule has 0 saturated carbocycles. The van der Waals surface area contributed by atoms with E-state index in [9.17, 15) is 12.8 Å². The van der Waals surface area contributed by atoms with Gasteiger partial charge in [0.2, 0.25) is 0 Å². The van der Waals surface area contributed by atoms with E-state index < -0.39 is 15.8 Å². The predicted molar refractivity (Wildman–Crippen MR) is 115 cm³/mol. The first-order chi connectivity index (χ1) is 14.5. The van der Waals surface area contributed by atoms with Crippen LogP contribution < -0.4 is 0 Å². The highest BCUT2D eigenvalue weighted by Crippen LogP contribution is 2.35. The summed E-state index contributed by atoms with van der Waals surface area (Å²) in [6, 6.07) is 9.17. The summed E-state index contributed by atoms with van der Waals surface area (Å²) in [7, 11) is -3.93. The van der Waals surface area contributed by atoms with Gasteiger partial charge in [0.15, 0.2) is 0 Å². The Kier molecular flexibility index (Phi) is 4.95. The van der Waals surface area contributed by atoms with Crippen molar-refractivity contribution in [3.63, 3.8) is 0 Å². The molecule has 0 radical (unpaired) electrons. The largest absolute Gasteiger partial charge is 0.300 e. The van der Waals surface area contributed by atoms with Crippen LogP contribution in [-0.4, -0.2) is 41.4 Å². The molecular weight excluding hydrogens is 401 g/mol. The lowest BCUT2D eigenvalue weighted by Crippen LogP contribution is -2.33. The molecule has 7 heteroatoms. The van der Waals surface area contributed by atoms with Crippen molar-refractivity contribution in [3.8, 4) is 0 Å². The Hall–Kier alpha value is -2.51. The van der Waals surface area contributed by atoms with E-state index in [0.29, 0.717) is 17.1 Å². The second-order valence-corrected chi connectivity index (χ2v) is 9.89. The molecule has 1 fully saturated rings. The van der Waals surface area contributed by atoms with E-state index in [4.69, 9.17) is 0 Å². The molecule has 0 spiro atoms. The number of nitrogens with zero attached hydrogens (tertiary/aromatic N) is 3. The van der Waals surface area contributed by atoms with Crippen LogP contribution in [0.3, 0.4) is 0 Å². The maximum atomic E-state index is 13.7. The van der Waals surface area contributed by atoms with Crippen LogP contribution in [0.25, 0.3) is 16.6 Å². The lowest BCUT2D eigenvalue weighted by Gasteiger charge is -2.30. The van der Waals surface area contributed by atoms with Crippen molar-refractivity contribution in [3.05, 3.63) is 66.2 Å². The Labute approximate surface area is 175 Å². The second-order valence-electron chi connectivity index (χ2n) is 8.07. The highest BCUT2D eigenvalue weighted by molar-refractivity contribution is 7.90. The number of fused-ring (bicyclic) bond motifs is 1. The number of hydrogen-bond donors (Lipinski definition) is 0. The maximum Gasteiger partial charge on any atom is 0.268 e. The molecule has 0 bridgehead atoms. The fourth-order valence-electron chi connectivity index (χ4n) is 4.71. The van der Waals surface area contributed by atoms with Crippen molar-refractivity contribution in [1.29, 1.82) is 0 Å². The number of halogens is 1. The number of allylic oxidation sites excluding steroid dienone is 1. The SMILES string of the molecule is O=S(=O)(c1cccc(F)c1)n1cc(C2=CCC(N3CCCC3)CC2)c2ncccc21. The zero-order valence-corrected chi connectivity index (χ0v) is 17.5. The molecule has 1 aromatic carbocycles. The van der Waals surface area contributed by atoms with Gasteiger partial charge in [-0.1, -0.05) is 12.1 Å². The Morgan fingerprint density at radius 3 is 2.67 bits per heavy atom. The lowest BCUT2D eigenvalue weighted by molar-refractivity contribution is 0.229. The van der Waals surface area contributed by atoms with Crippen LogP contribution in [0.15, 0.2) is 59.8 Å². The van der Waals surface area contributed by atoms with E-state index >= 15 is 0 Å². The minimum atomic E-state index is -3.93. The fourth-order valence-corrected chi connectivity index (χ4v) is 6.10. The van der Waals surface area contributed by atoms with Gasteiger partial charge in [-0.15, -0.1) is 0 Å². The molecule has 0 amide bonds. The molecule has 3 heterocycles. The summed E-state index contributed by atoms with van der Waals surface area (Å²) < 4.78 is 41.5. The zero-order valence-electron chi connectivity index (χ0n) is 16.7. The van der Waals surface area contributed by atoms with Gasteiger partial charge in [-0.3, -0.25) is 4.98 Å². The molecule has 1 aliphatic heterocycles. The van der Waals surface area contributed by atoms with Gasteiger partial charge < -0.3 is 4.90 Å². The Morgan fingerprint density at radius 2 is 1.93 bits per heavy atom. The number of benzene rings is 1. The molecule has 156 valence electrons. The number of hydrogen-bond acceptors (Lipinski definition) is 4. The number of pyridine rings is 1. The molecule has 30 heavy (non-hydrogen) atoms. The van der Waals surface area contributed by atoms with Crippen molar-refractivity contribution in [2.24, 2.45) is 0 Å². The Balaban J connectivity index is 1.55. The standard InChI is InChI=1S/C23H24FN3O2S/c24-18-5-3-6-20(15-18)30(28,29)27-16-21(23-22(27)7-4-12-25-23)17-8-10-19(11-9-17)26-13-1-2-14-26/h3-8,12,15-16,19H,1-2,9-11,13-14H2. The summed E-state index contributed by atoms with van der Waals surface area (Å²) in [5.41, 5.74) is 3.18. The smallest absolute Gasteiger partial charge is 0.268 e. The topological polar surface area (TPSA) is 55.2 Å². The summed E-state index contributed by atoms with van der Waals surface area (Å²) in [4.78, 5) is 6.99. The van der Waals surface area contributed by atoms with Crippen molar-refractivity contribution >= 4 is 26.6 Å². The number of aromatic nitrogens is 2. The molecule has 5 rings (SSSR count). The van der Waals surface area contributed by atoms with Gasteiger partial charge in [0.25, 0.3) is 10.0 Å². The van der Waals surface area contributed by atoms with Gasteiger partial charge in [-0.25, -0.2) is 16.8 Å². The number of likely N-dealkylation sites (tertiary alicyclic amines) is 1. The van der Waals surface area contributed by atoms with Crippen LogP contribution >= 0.6 is 0 Å². The molecule has 2 aromatic heterocycles. The first-order valence-corrected chi connectivity index (χ1v) is 11.9. The van der Waals surface area contributed by atoms with Crippen molar-refractivity contribution < 1.29 is 12.8 Å². The third-order valence-electron chi connectivity index (χ3n) is 6.26. The molecule has 0 N–H and O–H groups in total. The van der Waals surface area contributed by atoms with Crippen LogP contribution in [0, 0.1) is 5.82 Å². The highest BCUT2D eigenvalue weighted by Gasteiger charge is 2.27. The van der Waals surface area contributed by atoms with Gasteiger partial charge in [-0.05, 0) is 81.1 Å². The first kappa shape index (κ1) is 19.5. The predicted octanol–water partition coefficient (Wildman–Crippen LogP) is 4.44. The van der Waals surface area contributed by atoms with E-state index in [1.165, 1.54) is 48.1 Å². The van der Waals surface area contributed by atoms with Gasteiger partial charge in [0, 0.05) is 24.0 Å². The van der Waals surface area contributed by atoms with Crippen molar-refractivity contribution in [2.75, 3.05) is 13.1 Å². The van der Waals surface area contributed by atoms with Crippen LogP contribution in [-0.2, 0) is 10.0 Å². The summed E-state index contributed by atoms with van der Waals surface area (Å²) >= 11 is 0. The van der Waals surface area contributed by atoms with E-state index in [2.05, 4.69) is 16.0 Å². The molecule has 1 aliphatic carbocycles. The van der Waals surface area contributed by atoms with Crippen molar-refractivity contribution in [2.45, 2.75) is 43.0 Å². The molecular formula is C23H24FN3O2S. The third kappa shape index (κ3) is 3.36. The summed E-state index contributed by atoms with van der Waals surface area (Å²) in [5.74, 6) is -0.575. The molecule has 1 atom stereocenters. The minimum Gasteiger partial charge on any atom is -0.300 e. The molecule has 5 nitrogen and oxygen atoms in total. The monoisotopic (exact) mass is 425 g/mol. The Bertz CT molecular complexity index is 1230. The maximum absolute atomic E-state index is 13.7. The van der Waals surface area contributed by atoms with Gasteiger partial charge in [-0.2, -0.15) is 0 Å². The van der Waals surface area contributed by atoms with E-state index in [1.807, 2.05) is 0 Å². The van der Waals surface area contributed by atoms with Crippen molar-refractivity contribution in [1.82, 2.24) is 13.9 Å². The van der Waals surface area contributed by atoms with Crippen LogP contribution in [0.1, 0.15) is 37.7 Å². The van der Waals surface area contributed by atoms with Gasteiger partial charge in [0.1, 0.15) is 5.82 Å². The minimum absolute atomic E-state index is 0.0680. The molecule has 1 saturated heterocycles. The fraction of sp³-hybridized carbons (Fsp3) is 0.348. The highest BCUT2D eigenvalue weighted by atomic mass is 32.2. The summed E-state index contributed by atoms with van der Waals surface area (Å²) in [6.45, 7) is 2.36. The first-order valence-electron chi connectivity index (χ1n) is 10.4. The quantitative estimate of drug-likeness (QED) is 0.620. The summed E-state index contributed by atoms with van der Waals surface area (Å²) in [5, 5.41) is 0. The van der Waals surface area contributed by atoms with E-state index in [1.54, 1.807) is 24.5 Å². The average Bonchev–Trinajstić information content (AvgIpc) is 3.43.